The van der Waals surface area contributed by atoms with Gasteiger partial charge in [-0.25, -0.2) is 0 Å². The summed E-state index contributed by atoms with van der Waals surface area (Å²) in [6.07, 6.45) is -12.4. The highest BCUT2D eigenvalue weighted by molar-refractivity contribution is 5.73. The second-order valence-electron chi connectivity index (χ2n) is 6.70. The number of amides is 1. The molecule has 2 aliphatic heterocycles. The van der Waals surface area contributed by atoms with E-state index in [0.29, 0.717) is 0 Å². The van der Waals surface area contributed by atoms with Gasteiger partial charge in [0.05, 0.1) is 13.2 Å². The molecule has 2 fully saturated rings. The van der Waals surface area contributed by atoms with E-state index in [9.17, 15) is 35.4 Å². The number of hydrogen-bond donors (Lipinski definition) is 7. The summed E-state index contributed by atoms with van der Waals surface area (Å²) in [5.74, 6) is -0.551. The molecule has 164 valence electrons. The molecule has 0 aromatic rings. The molecule has 7 N–H and O–H groups in total. The number of rotatable bonds is 7. The summed E-state index contributed by atoms with van der Waals surface area (Å²) in [5.41, 5.74) is 0. The maximum Gasteiger partial charge on any atom is 0.217 e. The van der Waals surface area contributed by atoms with E-state index in [1.54, 1.807) is 6.92 Å². The fourth-order valence-electron chi connectivity index (χ4n) is 3.26. The maximum absolute atomic E-state index is 11.5. The van der Waals surface area contributed by atoms with Crippen LogP contribution in [0.15, 0.2) is 0 Å². The van der Waals surface area contributed by atoms with Crippen molar-refractivity contribution in [1.29, 1.82) is 0 Å². The standard InChI is InChI=1S/C16H29NO11/c1-3-25-16-13(24)14(11(22)8(5-19)27-16)28-15-9(17-6(2)20)12(23)10(21)7(4-18)26-15/h7-16,18-19,21-24H,3-5H2,1-2H3,(H,17,20)/t7-,8-,9-,10+,11+,12-,13-,14+,15+,16+/m1/s1. The molecule has 2 rings (SSSR count). The monoisotopic (exact) mass is 411 g/mol. The quantitative estimate of drug-likeness (QED) is 0.215. The molecule has 0 aromatic heterocycles. The third-order valence-corrected chi connectivity index (χ3v) is 4.69. The Balaban J connectivity index is 2.24. The Labute approximate surface area is 161 Å². The molecule has 0 spiro atoms. The second kappa shape index (κ2) is 10.2. The third kappa shape index (κ3) is 4.97. The minimum absolute atomic E-state index is 0.175. The number of carbonyl (C=O) groups excluding carboxylic acids is 1. The van der Waals surface area contributed by atoms with Gasteiger partial charge in [0.1, 0.15) is 48.8 Å². The number of aliphatic hydroxyl groups is 6. The summed E-state index contributed by atoms with van der Waals surface area (Å²) in [6.45, 7) is 1.78. The van der Waals surface area contributed by atoms with E-state index in [0.717, 1.165) is 0 Å². The van der Waals surface area contributed by atoms with Crippen molar-refractivity contribution in [3.63, 3.8) is 0 Å². The van der Waals surface area contributed by atoms with Gasteiger partial charge in [0.2, 0.25) is 5.91 Å². The fraction of sp³-hybridized carbons (Fsp3) is 0.938. The lowest BCUT2D eigenvalue weighted by Gasteiger charge is -2.47. The van der Waals surface area contributed by atoms with Crippen molar-refractivity contribution in [2.45, 2.75) is 75.2 Å². The van der Waals surface area contributed by atoms with Crippen molar-refractivity contribution >= 4 is 5.91 Å². The van der Waals surface area contributed by atoms with Crippen molar-refractivity contribution < 1.29 is 54.4 Å². The molecule has 0 aliphatic carbocycles. The average Bonchev–Trinajstić information content (AvgIpc) is 2.66. The van der Waals surface area contributed by atoms with Gasteiger partial charge in [0.25, 0.3) is 0 Å². The van der Waals surface area contributed by atoms with Crippen LogP contribution in [-0.4, -0.2) is 118 Å². The molecule has 10 atom stereocenters. The van der Waals surface area contributed by atoms with Gasteiger partial charge < -0.3 is 54.9 Å². The lowest BCUT2D eigenvalue weighted by Crippen LogP contribution is -2.67. The molecular weight excluding hydrogens is 382 g/mol. The highest BCUT2D eigenvalue weighted by atomic mass is 16.7. The van der Waals surface area contributed by atoms with E-state index in [1.165, 1.54) is 6.92 Å². The minimum Gasteiger partial charge on any atom is -0.394 e. The molecule has 2 aliphatic rings. The van der Waals surface area contributed by atoms with Gasteiger partial charge in [-0.3, -0.25) is 4.79 Å². The first-order valence-corrected chi connectivity index (χ1v) is 9.04. The van der Waals surface area contributed by atoms with Crippen molar-refractivity contribution in [3.05, 3.63) is 0 Å². The molecule has 12 heteroatoms. The van der Waals surface area contributed by atoms with E-state index in [4.69, 9.17) is 18.9 Å². The van der Waals surface area contributed by atoms with Crippen molar-refractivity contribution in [2.24, 2.45) is 0 Å². The Morgan fingerprint density at radius 3 is 2.04 bits per heavy atom. The van der Waals surface area contributed by atoms with Crippen LogP contribution in [0.4, 0.5) is 0 Å². The molecule has 0 aromatic carbocycles. The van der Waals surface area contributed by atoms with Crippen LogP contribution in [0.5, 0.6) is 0 Å². The molecule has 0 unspecified atom stereocenters. The van der Waals surface area contributed by atoms with Crippen molar-refractivity contribution in [2.75, 3.05) is 19.8 Å². The highest BCUT2D eigenvalue weighted by Crippen LogP contribution is 2.29. The van der Waals surface area contributed by atoms with Crippen LogP contribution in [0, 0.1) is 0 Å². The predicted octanol–water partition coefficient (Wildman–Crippen LogP) is -4.21. The Hall–Kier alpha value is -0.930. The Morgan fingerprint density at radius 1 is 0.929 bits per heavy atom. The van der Waals surface area contributed by atoms with Crippen LogP contribution in [0.1, 0.15) is 13.8 Å². The lowest BCUT2D eigenvalue weighted by atomic mass is 9.95. The van der Waals surface area contributed by atoms with Crippen LogP contribution >= 0.6 is 0 Å². The number of nitrogens with one attached hydrogen (secondary N) is 1. The van der Waals surface area contributed by atoms with Gasteiger partial charge >= 0.3 is 0 Å². The smallest absolute Gasteiger partial charge is 0.217 e. The molecule has 12 nitrogen and oxygen atoms in total. The third-order valence-electron chi connectivity index (χ3n) is 4.69. The zero-order valence-corrected chi connectivity index (χ0v) is 15.6. The topological polar surface area (TPSA) is 187 Å². The zero-order chi connectivity index (χ0) is 21.0. The van der Waals surface area contributed by atoms with Crippen LogP contribution < -0.4 is 5.32 Å². The van der Waals surface area contributed by atoms with Crippen LogP contribution in [0.25, 0.3) is 0 Å². The number of aliphatic hydroxyl groups excluding tert-OH is 6. The van der Waals surface area contributed by atoms with Crippen LogP contribution in [0.3, 0.4) is 0 Å². The van der Waals surface area contributed by atoms with Gasteiger partial charge in [-0.1, -0.05) is 0 Å². The zero-order valence-electron chi connectivity index (χ0n) is 15.6. The summed E-state index contributed by atoms with van der Waals surface area (Å²) in [6, 6.07) is -1.25. The lowest BCUT2D eigenvalue weighted by molar-refractivity contribution is -0.347. The van der Waals surface area contributed by atoms with Gasteiger partial charge in [-0.2, -0.15) is 0 Å². The van der Waals surface area contributed by atoms with Crippen molar-refractivity contribution in [3.8, 4) is 0 Å². The molecule has 2 saturated heterocycles. The SMILES string of the molecule is CCO[C@H]1O[C@H](CO)[C@H](O)[C@H](O[C@@H]2O[C@H](CO)[C@H](O)[C@H](O)[C@H]2NC(C)=O)[C@H]1O. The Kier molecular flexibility index (Phi) is 8.51. The van der Waals surface area contributed by atoms with E-state index in [1.807, 2.05) is 0 Å². The number of hydrogen-bond acceptors (Lipinski definition) is 11. The molecule has 0 bridgehead atoms. The fourth-order valence-corrected chi connectivity index (χ4v) is 3.26. The summed E-state index contributed by atoms with van der Waals surface area (Å²) in [5, 5.41) is 62.3. The normalized spacial score (nSPS) is 44.3. The molecular formula is C16H29NO11. The first-order valence-electron chi connectivity index (χ1n) is 9.04. The summed E-state index contributed by atoms with van der Waals surface area (Å²) < 4.78 is 21.6. The molecule has 0 radical (unpaired) electrons. The maximum atomic E-state index is 11.5. The summed E-state index contributed by atoms with van der Waals surface area (Å²) in [4.78, 5) is 11.5. The first kappa shape index (κ1) is 23.3. The largest absolute Gasteiger partial charge is 0.394 e. The van der Waals surface area contributed by atoms with Crippen LogP contribution in [0.2, 0.25) is 0 Å². The van der Waals surface area contributed by atoms with E-state index < -0.39 is 80.5 Å². The second-order valence-corrected chi connectivity index (χ2v) is 6.70. The van der Waals surface area contributed by atoms with Gasteiger partial charge in [-0.05, 0) is 6.92 Å². The van der Waals surface area contributed by atoms with E-state index in [2.05, 4.69) is 5.32 Å². The molecule has 1 amide bonds. The number of ether oxygens (including phenoxy) is 4. The Bertz CT molecular complexity index is 509. The van der Waals surface area contributed by atoms with E-state index >= 15 is 0 Å². The molecule has 2 heterocycles. The van der Waals surface area contributed by atoms with Crippen molar-refractivity contribution in [1.82, 2.24) is 5.32 Å². The van der Waals surface area contributed by atoms with Crippen LogP contribution in [-0.2, 0) is 23.7 Å². The predicted molar refractivity (Wildman–Crippen MR) is 89.6 cm³/mol. The van der Waals surface area contributed by atoms with Gasteiger partial charge in [0.15, 0.2) is 12.6 Å². The summed E-state index contributed by atoms with van der Waals surface area (Å²) >= 11 is 0. The average molecular weight is 411 g/mol. The van der Waals surface area contributed by atoms with Gasteiger partial charge in [0, 0.05) is 13.5 Å². The highest BCUT2D eigenvalue weighted by Gasteiger charge is 2.51. The number of carbonyl (C=O) groups is 1. The Morgan fingerprint density at radius 2 is 1.50 bits per heavy atom. The van der Waals surface area contributed by atoms with E-state index in [-0.39, 0.29) is 6.61 Å². The molecule has 0 saturated carbocycles. The first-order chi connectivity index (χ1) is 13.2. The van der Waals surface area contributed by atoms with Gasteiger partial charge in [-0.15, -0.1) is 0 Å². The molecule has 28 heavy (non-hydrogen) atoms. The minimum atomic E-state index is -1.55. The summed E-state index contributed by atoms with van der Waals surface area (Å²) in [7, 11) is 0.